The van der Waals surface area contributed by atoms with Crippen molar-refractivity contribution in [2.75, 3.05) is 11.9 Å². The minimum absolute atomic E-state index is 0.149. The van der Waals surface area contributed by atoms with Crippen molar-refractivity contribution in [2.24, 2.45) is 23.2 Å². The lowest BCUT2D eigenvalue weighted by atomic mass is 9.48. The van der Waals surface area contributed by atoms with E-state index >= 15 is 0 Å². The number of hydrogen-bond donors (Lipinski definition) is 2. The predicted octanol–water partition coefficient (Wildman–Crippen LogP) is 7.36. The first-order valence-electron chi connectivity index (χ1n) is 13.9. The summed E-state index contributed by atoms with van der Waals surface area (Å²) in [4.78, 5) is 13.1. The third kappa shape index (κ3) is 5.38. The second-order valence-electron chi connectivity index (χ2n) is 11.9. The highest BCUT2D eigenvalue weighted by molar-refractivity contribution is 6.08. The van der Waals surface area contributed by atoms with Crippen molar-refractivity contribution >= 4 is 22.4 Å². The standard InChI is InChI=1S/C32H36FNO3/c33-26-7-9-27(10-8-26)34-31(36)29-15-24-4-1-2-5-25(24)16-30(29)37-20-28(35)6-3-11-32-17-21-12-22(18-32)14-23(13-21)19-32/h1-2,4-5,7-10,15-16,21-23,28,35H,3,6,11-14,17-20H2,(H,34,36). The van der Waals surface area contributed by atoms with Crippen molar-refractivity contribution in [3.63, 3.8) is 0 Å². The van der Waals surface area contributed by atoms with Gasteiger partial charge in [0.05, 0.1) is 11.7 Å². The van der Waals surface area contributed by atoms with Crippen LogP contribution in [0.4, 0.5) is 10.1 Å². The normalized spacial score (nSPS) is 26.8. The Morgan fingerprint density at radius 2 is 1.59 bits per heavy atom. The molecule has 4 saturated carbocycles. The van der Waals surface area contributed by atoms with E-state index in [1.165, 1.54) is 69.2 Å². The Labute approximate surface area is 218 Å². The highest BCUT2D eigenvalue weighted by atomic mass is 19.1. The third-order valence-corrected chi connectivity index (χ3v) is 9.04. The number of rotatable bonds is 9. The van der Waals surface area contributed by atoms with Gasteiger partial charge in [-0.1, -0.05) is 30.7 Å². The lowest BCUT2D eigenvalue weighted by Crippen LogP contribution is -2.46. The van der Waals surface area contributed by atoms with Gasteiger partial charge in [0, 0.05) is 5.69 Å². The first kappa shape index (κ1) is 24.4. The van der Waals surface area contributed by atoms with Gasteiger partial charge < -0.3 is 15.2 Å². The lowest BCUT2D eigenvalue weighted by Gasteiger charge is -2.57. The maximum Gasteiger partial charge on any atom is 0.259 e. The molecular formula is C32H36FNO3. The first-order chi connectivity index (χ1) is 17.9. The molecule has 1 atom stereocenters. The summed E-state index contributed by atoms with van der Waals surface area (Å²) in [6.45, 7) is 0.149. The van der Waals surface area contributed by atoms with Crippen LogP contribution in [0.1, 0.15) is 68.1 Å². The molecule has 3 aromatic carbocycles. The molecular weight excluding hydrogens is 465 g/mol. The summed E-state index contributed by atoms with van der Waals surface area (Å²) < 4.78 is 19.3. The molecule has 4 aliphatic rings. The summed E-state index contributed by atoms with van der Waals surface area (Å²) in [7, 11) is 0. The summed E-state index contributed by atoms with van der Waals surface area (Å²) in [5.41, 5.74) is 1.43. The molecule has 4 aliphatic carbocycles. The largest absolute Gasteiger partial charge is 0.490 e. The zero-order valence-electron chi connectivity index (χ0n) is 21.3. The van der Waals surface area contributed by atoms with E-state index in [1.54, 1.807) is 0 Å². The number of aliphatic hydroxyl groups excluding tert-OH is 1. The van der Waals surface area contributed by atoms with Crippen LogP contribution in [0.5, 0.6) is 5.75 Å². The van der Waals surface area contributed by atoms with Gasteiger partial charge in [0.1, 0.15) is 18.2 Å². The SMILES string of the molecule is O=C(Nc1ccc(F)cc1)c1cc2ccccc2cc1OCC(O)CCCC12CC3CC(CC(C3)C1)C2. The van der Waals surface area contributed by atoms with Crippen molar-refractivity contribution in [1.29, 1.82) is 0 Å². The highest BCUT2D eigenvalue weighted by Gasteiger charge is 2.50. The molecule has 194 valence electrons. The molecule has 4 bridgehead atoms. The molecule has 0 radical (unpaired) electrons. The molecule has 0 spiro atoms. The minimum Gasteiger partial charge on any atom is -0.490 e. The number of aliphatic hydroxyl groups is 1. The Morgan fingerprint density at radius 3 is 2.24 bits per heavy atom. The average Bonchev–Trinajstić information content (AvgIpc) is 2.87. The molecule has 5 heteroatoms. The number of fused-ring (bicyclic) bond motifs is 1. The van der Waals surface area contributed by atoms with E-state index in [9.17, 15) is 14.3 Å². The molecule has 0 saturated heterocycles. The van der Waals surface area contributed by atoms with Gasteiger partial charge in [-0.05, 0) is 122 Å². The van der Waals surface area contributed by atoms with Crippen LogP contribution >= 0.6 is 0 Å². The van der Waals surface area contributed by atoms with Crippen LogP contribution in [0.15, 0.2) is 60.7 Å². The summed E-state index contributed by atoms with van der Waals surface area (Å²) in [6, 6.07) is 17.2. The fourth-order valence-corrected chi connectivity index (χ4v) is 7.83. The maximum absolute atomic E-state index is 13.3. The summed E-state index contributed by atoms with van der Waals surface area (Å²) in [5, 5.41) is 15.5. The fourth-order valence-electron chi connectivity index (χ4n) is 7.83. The molecule has 1 amide bonds. The van der Waals surface area contributed by atoms with Crippen molar-refractivity contribution in [1.82, 2.24) is 0 Å². The quantitative estimate of drug-likeness (QED) is 0.322. The number of carbonyl (C=O) groups excluding carboxylic acids is 1. The molecule has 0 aliphatic heterocycles. The molecule has 1 unspecified atom stereocenters. The number of anilines is 1. The second-order valence-corrected chi connectivity index (χ2v) is 11.9. The number of ether oxygens (including phenoxy) is 1. The summed E-state index contributed by atoms with van der Waals surface area (Å²) in [5.74, 6) is 2.61. The number of halogens is 1. The van der Waals surface area contributed by atoms with E-state index in [2.05, 4.69) is 5.32 Å². The second kappa shape index (κ2) is 10.1. The highest BCUT2D eigenvalue weighted by Crippen LogP contribution is 2.61. The van der Waals surface area contributed by atoms with Crippen LogP contribution in [0, 0.1) is 29.0 Å². The van der Waals surface area contributed by atoms with Gasteiger partial charge in [-0.25, -0.2) is 4.39 Å². The lowest BCUT2D eigenvalue weighted by molar-refractivity contribution is -0.0597. The summed E-state index contributed by atoms with van der Waals surface area (Å²) in [6.07, 6.45) is 10.9. The predicted molar refractivity (Wildman–Crippen MR) is 144 cm³/mol. The van der Waals surface area contributed by atoms with Crippen molar-refractivity contribution < 1.29 is 19.0 Å². The van der Waals surface area contributed by atoms with Gasteiger partial charge in [-0.15, -0.1) is 0 Å². The van der Waals surface area contributed by atoms with Crippen LogP contribution in [0.25, 0.3) is 10.8 Å². The Balaban J connectivity index is 1.09. The Bertz CT molecular complexity index is 1240. The monoisotopic (exact) mass is 501 g/mol. The van der Waals surface area contributed by atoms with E-state index in [0.29, 0.717) is 28.8 Å². The Hall–Kier alpha value is -2.92. The topological polar surface area (TPSA) is 58.6 Å². The van der Waals surface area contributed by atoms with Gasteiger partial charge >= 0.3 is 0 Å². The van der Waals surface area contributed by atoms with E-state index in [0.717, 1.165) is 34.9 Å². The molecule has 3 aromatic rings. The van der Waals surface area contributed by atoms with Gasteiger partial charge in [-0.2, -0.15) is 0 Å². The van der Waals surface area contributed by atoms with Crippen LogP contribution < -0.4 is 10.1 Å². The fraction of sp³-hybridized carbons (Fsp3) is 0.469. The van der Waals surface area contributed by atoms with Crippen LogP contribution in [-0.2, 0) is 0 Å². The van der Waals surface area contributed by atoms with Crippen molar-refractivity contribution in [3.8, 4) is 5.75 Å². The first-order valence-corrected chi connectivity index (χ1v) is 13.9. The zero-order chi connectivity index (χ0) is 25.4. The van der Waals surface area contributed by atoms with Crippen LogP contribution in [0.3, 0.4) is 0 Å². The van der Waals surface area contributed by atoms with E-state index in [1.807, 2.05) is 36.4 Å². The average molecular weight is 502 g/mol. The van der Waals surface area contributed by atoms with Crippen molar-refractivity contribution in [3.05, 3.63) is 72.0 Å². The molecule has 7 rings (SSSR count). The molecule has 4 nitrogen and oxygen atoms in total. The Morgan fingerprint density at radius 1 is 0.973 bits per heavy atom. The Kier molecular flexibility index (Phi) is 6.66. The zero-order valence-corrected chi connectivity index (χ0v) is 21.3. The number of benzene rings is 3. The molecule has 37 heavy (non-hydrogen) atoms. The van der Waals surface area contributed by atoms with Crippen molar-refractivity contribution in [2.45, 2.75) is 63.9 Å². The van der Waals surface area contributed by atoms with Gasteiger partial charge in [0.15, 0.2) is 0 Å². The molecule has 0 heterocycles. The summed E-state index contributed by atoms with van der Waals surface area (Å²) >= 11 is 0. The van der Waals surface area contributed by atoms with Gasteiger partial charge in [0.25, 0.3) is 5.91 Å². The third-order valence-electron chi connectivity index (χ3n) is 9.04. The number of hydrogen-bond acceptors (Lipinski definition) is 3. The smallest absolute Gasteiger partial charge is 0.259 e. The number of amides is 1. The van der Waals surface area contributed by atoms with Crippen LogP contribution in [0.2, 0.25) is 0 Å². The van der Waals surface area contributed by atoms with Gasteiger partial charge in [0.2, 0.25) is 0 Å². The van der Waals surface area contributed by atoms with E-state index in [-0.39, 0.29) is 18.3 Å². The van der Waals surface area contributed by atoms with E-state index in [4.69, 9.17) is 4.74 Å². The molecule has 0 aromatic heterocycles. The van der Waals surface area contributed by atoms with Crippen LogP contribution in [-0.4, -0.2) is 23.7 Å². The number of carbonyl (C=O) groups is 1. The minimum atomic E-state index is -0.576. The number of nitrogens with one attached hydrogen (secondary N) is 1. The molecule has 4 fully saturated rings. The van der Waals surface area contributed by atoms with Gasteiger partial charge in [-0.3, -0.25) is 4.79 Å². The van der Waals surface area contributed by atoms with E-state index < -0.39 is 6.10 Å². The molecule has 2 N–H and O–H groups in total. The maximum atomic E-state index is 13.3.